The molecule has 8 aromatic heterocycles. The summed E-state index contributed by atoms with van der Waals surface area (Å²) in [5.41, 5.74) is 22.6. The quantitative estimate of drug-likeness (QED) is 0.116. The Kier molecular flexibility index (Phi) is 15.9. The summed E-state index contributed by atoms with van der Waals surface area (Å²) in [4.78, 5) is 41.7. The van der Waals surface area contributed by atoms with Crippen molar-refractivity contribution in [3.63, 3.8) is 0 Å². The summed E-state index contributed by atoms with van der Waals surface area (Å²) in [7, 11) is 0. The van der Waals surface area contributed by atoms with Crippen molar-refractivity contribution in [2.24, 2.45) is 0 Å². The summed E-state index contributed by atoms with van der Waals surface area (Å²) in [5, 5.41) is 8.34. The number of hydrogen-bond acceptors (Lipinski definition) is 10. The van der Waals surface area contributed by atoms with Crippen LogP contribution in [0, 0.1) is 0 Å². The van der Waals surface area contributed by atoms with E-state index in [0.717, 1.165) is 183 Å². The monoisotopic (exact) mass is 1510 g/mol. The summed E-state index contributed by atoms with van der Waals surface area (Å²) in [5.74, 6) is 5.11. The predicted molar refractivity (Wildman–Crippen MR) is 476 cm³/mol. The van der Waals surface area contributed by atoms with Gasteiger partial charge in [-0.1, -0.05) is 267 Å². The first kappa shape index (κ1) is 67.4. The molecule has 16 aromatic carbocycles. The first-order valence-electron chi connectivity index (χ1n) is 39.3. The van der Waals surface area contributed by atoms with E-state index in [2.05, 4.69) is 285 Å². The molecular weight excluding hydrogens is 1450 g/mol. The van der Waals surface area contributed by atoms with Gasteiger partial charge in [-0.3, -0.25) is 9.13 Å². The minimum atomic E-state index is 0.563. The van der Waals surface area contributed by atoms with Gasteiger partial charge in [-0.15, -0.1) is 0 Å². The van der Waals surface area contributed by atoms with Crippen LogP contribution in [0.25, 0.3) is 223 Å². The molecule has 0 radical (unpaired) electrons. The molecule has 0 bridgehead atoms. The third-order valence-corrected chi connectivity index (χ3v) is 22.4. The van der Waals surface area contributed by atoms with Crippen LogP contribution in [0.1, 0.15) is 0 Å². The molecular formula is C104H64N12O2. The fourth-order valence-corrected chi connectivity index (χ4v) is 17.2. The van der Waals surface area contributed by atoms with Crippen LogP contribution in [-0.2, 0) is 0 Å². The standard InChI is InChI=1S/2C52H32N6O/c1-4-17-33(18-5-1)49-54-50(38-25-15-31-44-46(38)36-23-10-12-29-42(36)57(44)34-19-6-2-7-20-34)56-51(55-49)39-26-16-32-45-47(39)37-24-14-27-40(48(37)59-45)52-53-41-28-11-13-30-43(41)58(52)35-21-8-3-9-22-35;1-4-16-33(17-5-1)49-54-50(34-30-31-38-37-22-10-12-27-43(37)57(45(38)32-34)35-18-6-2-7-19-35)56-51(55-49)40-24-15-29-46-47(40)39-23-14-25-41(48(39)59-46)52-53-42-26-11-13-28-44(42)58(52)36-20-8-3-9-21-36/h2*1-32H. The lowest BCUT2D eigenvalue weighted by molar-refractivity contribution is 0.669. The van der Waals surface area contributed by atoms with Crippen LogP contribution in [0.5, 0.6) is 0 Å². The number of hydrogen-bond donors (Lipinski definition) is 0. The average Bonchev–Trinajstić information content (AvgIpc) is 1.59. The first-order chi connectivity index (χ1) is 58.5. The van der Waals surface area contributed by atoms with Crippen LogP contribution in [0.15, 0.2) is 397 Å². The lowest BCUT2D eigenvalue weighted by atomic mass is 10.0. The van der Waals surface area contributed by atoms with Gasteiger partial charge in [0.2, 0.25) is 0 Å². The molecule has 14 heteroatoms. The molecule has 0 aliphatic carbocycles. The van der Waals surface area contributed by atoms with E-state index in [1.54, 1.807) is 0 Å². The number of nitrogens with zero attached hydrogens (tertiary/aromatic N) is 12. The van der Waals surface area contributed by atoms with Crippen molar-refractivity contribution in [3.8, 4) is 114 Å². The van der Waals surface area contributed by atoms with E-state index in [0.29, 0.717) is 34.9 Å². The smallest absolute Gasteiger partial charge is 0.164 e. The minimum Gasteiger partial charge on any atom is -0.455 e. The number of fused-ring (bicyclic) bond motifs is 14. The van der Waals surface area contributed by atoms with Gasteiger partial charge < -0.3 is 18.0 Å². The molecule has 0 saturated heterocycles. The highest BCUT2D eigenvalue weighted by Gasteiger charge is 2.28. The second-order valence-electron chi connectivity index (χ2n) is 29.3. The van der Waals surface area contributed by atoms with Gasteiger partial charge in [0.1, 0.15) is 34.0 Å². The number of para-hydroxylation sites is 12. The van der Waals surface area contributed by atoms with Crippen LogP contribution in [0.4, 0.5) is 0 Å². The maximum absolute atomic E-state index is 6.84. The zero-order valence-electron chi connectivity index (χ0n) is 63.1. The van der Waals surface area contributed by atoms with Crippen LogP contribution in [-0.4, -0.2) is 58.1 Å². The molecule has 0 saturated carbocycles. The number of furan rings is 2. The Hall–Kier alpha value is -16.3. The Balaban J connectivity index is 0.000000138. The number of aromatic nitrogens is 12. The maximum Gasteiger partial charge on any atom is 0.164 e. The largest absolute Gasteiger partial charge is 0.455 e. The normalized spacial score (nSPS) is 11.7. The minimum absolute atomic E-state index is 0.563. The average molecular weight is 1510 g/mol. The van der Waals surface area contributed by atoms with Gasteiger partial charge in [0.25, 0.3) is 0 Å². The van der Waals surface area contributed by atoms with Gasteiger partial charge in [-0.25, -0.2) is 39.9 Å². The Labute approximate surface area is 674 Å². The highest BCUT2D eigenvalue weighted by molar-refractivity contribution is 6.18. The number of imidazole rings is 2. The number of benzene rings is 16. The summed E-state index contributed by atoms with van der Waals surface area (Å²) < 4.78 is 22.7. The van der Waals surface area contributed by atoms with E-state index in [1.807, 2.05) is 121 Å². The van der Waals surface area contributed by atoms with E-state index in [4.69, 9.17) is 48.7 Å². The van der Waals surface area contributed by atoms with Crippen LogP contribution >= 0.6 is 0 Å². The summed E-state index contributed by atoms with van der Waals surface area (Å²) in [6, 6.07) is 133. The maximum atomic E-state index is 6.84. The molecule has 552 valence electrons. The van der Waals surface area contributed by atoms with Crippen LogP contribution in [0.3, 0.4) is 0 Å². The van der Waals surface area contributed by atoms with Crippen molar-refractivity contribution >= 4 is 110 Å². The molecule has 0 fully saturated rings. The zero-order valence-corrected chi connectivity index (χ0v) is 63.1. The molecule has 0 unspecified atom stereocenters. The van der Waals surface area contributed by atoms with Crippen molar-refractivity contribution < 1.29 is 8.83 Å². The third-order valence-electron chi connectivity index (χ3n) is 22.4. The van der Waals surface area contributed by atoms with Gasteiger partial charge in [-0.2, -0.15) is 0 Å². The van der Waals surface area contributed by atoms with E-state index in [1.165, 1.54) is 5.39 Å². The SMILES string of the molecule is c1ccc(-c2nc(-c3ccc4c5ccccc5n(-c5ccccc5)c4c3)nc(-c3cccc4oc5c(-c6nc7ccccc7n6-c6ccccc6)cccc5c34)n2)cc1.c1ccc(-c2nc(-c3cccc4oc5c(-c6nc7ccccc7n6-c6ccccc6)cccc5c34)nc(-c3cccc4c3c3ccccc3n4-c3ccccc3)n2)cc1. The Morgan fingerprint density at radius 2 is 0.508 bits per heavy atom. The molecule has 118 heavy (non-hydrogen) atoms. The predicted octanol–water partition coefficient (Wildman–Crippen LogP) is 25.8. The molecule has 24 aromatic rings. The Bertz CT molecular complexity index is 8010. The Morgan fingerprint density at radius 1 is 0.186 bits per heavy atom. The lowest BCUT2D eigenvalue weighted by Crippen LogP contribution is -2.01. The van der Waals surface area contributed by atoms with Gasteiger partial charge in [0.05, 0.1) is 55.3 Å². The van der Waals surface area contributed by atoms with E-state index in [-0.39, 0.29) is 0 Å². The molecule has 8 heterocycles. The van der Waals surface area contributed by atoms with E-state index < -0.39 is 0 Å². The van der Waals surface area contributed by atoms with Crippen LogP contribution in [0.2, 0.25) is 0 Å². The van der Waals surface area contributed by atoms with E-state index >= 15 is 0 Å². The molecule has 0 atom stereocenters. The second kappa shape index (κ2) is 27.8. The van der Waals surface area contributed by atoms with Crippen molar-refractivity contribution in [1.29, 1.82) is 0 Å². The van der Waals surface area contributed by atoms with Crippen molar-refractivity contribution in [2.45, 2.75) is 0 Å². The third kappa shape index (κ3) is 11.2. The van der Waals surface area contributed by atoms with Gasteiger partial charge in [0.15, 0.2) is 34.9 Å². The molecule has 0 N–H and O–H groups in total. The summed E-state index contributed by atoms with van der Waals surface area (Å²) >= 11 is 0. The fourth-order valence-electron chi connectivity index (χ4n) is 17.2. The molecule has 0 aliphatic rings. The zero-order chi connectivity index (χ0) is 77.7. The first-order valence-corrected chi connectivity index (χ1v) is 39.3. The highest BCUT2D eigenvalue weighted by atomic mass is 16.3. The lowest BCUT2D eigenvalue weighted by Gasteiger charge is -2.11. The molecule has 14 nitrogen and oxygen atoms in total. The molecule has 0 aliphatic heterocycles. The van der Waals surface area contributed by atoms with Crippen LogP contribution < -0.4 is 0 Å². The fraction of sp³-hybridized carbons (Fsp3) is 0. The second-order valence-corrected chi connectivity index (χ2v) is 29.3. The van der Waals surface area contributed by atoms with Gasteiger partial charge in [-0.05, 0) is 121 Å². The summed E-state index contributed by atoms with van der Waals surface area (Å²) in [6.07, 6.45) is 0. The number of rotatable bonds is 12. The van der Waals surface area contributed by atoms with Crippen molar-refractivity contribution in [2.75, 3.05) is 0 Å². The Morgan fingerprint density at radius 3 is 0.992 bits per heavy atom. The molecule has 0 amide bonds. The topological polar surface area (TPSA) is 149 Å². The van der Waals surface area contributed by atoms with Crippen molar-refractivity contribution in [1.82, 2.24) is 58.1 Å². The van der Waals surface area contributed by atoms with Crippen molar-refractivity contribution in [3.05, 3.63) is 388 Å². The highest BCUT2D eigenvalue weighted by Crippen LogP contribution is 2.46. The van der Waals surface area contributed by atoms with E-state index in [9.17, 15) is 0 Å². The molecule has 0 spiro atoms. The van der Waals surface area contributed by atoms with Gasteiger partial charge in [0, 0.05) is 99.2 Å². The molecule has 24 rings (SSSR count). The van der Waals surface area contributed by atoms with Gasteiger partial charge >= 0.3 is 0 Å². The summed E-state index contributed by atoms with van der Waals surface area (Å²) in [6.45, 7) is 0.